The van der Waals surface area contributed by atoms with Crippen molar-refractivity contribution in [2.45, 2.75) is 20.0 Å². The van der Waals surface area contributed by atoms with E-state index in [4.69, 9.17) is 9.72 Å². The number of hydrogen-bond donors (Lipinski definition) is 0. The van der Waals surface area contributed by atoms with Gasteiger partial charge in [0.25, 0.3) is 0 Å². The van der Waals surface area contributed by atoms with E-state index >= 15 is 0 Å². The Labute approximate surface area is 169 Å². The summed E-state index contributed by atoms with van der Waals surface area (Å²) in [6, 6.07) is 26.3. The van der Waals surface area contributed by atoms with Gasteiger partial charge in [-0.15, -0.1) is 0 Å². The third-order valence-corrected chi connectivity index (χ3v) is 6.12. The molecular weight excluding hydrogens is 354 g/mol. The fraction of sp³-hybridized carbons (Fsp3) is 0.148. The summed E-state index contributed by atoms with van der Waals surface area (Å²) in [7, 11) is 0. The quantitative estimate of drug-likeness (QED) is 0.244. The molecule has 0 atom stereocenters. The average molecular weight is 375 g/mol. The molecule has 0 saturated heterocycles. The predicted octanol–water partition coefficient (Wildman–Crippen LogP) is 6.59. The highest BCUT2D eigenvalue weighted by Crippen LogP contribution is 2.38. The van der Waals surface area contributed by atoms with E-state index in [0.717, 1.165) is 29.8 Å². The van der Waals surface area contributed by atoms with Crippen molar-refractivity contribution in [1.82, 2.24) is 4.98 Å². The third kappa shape index (κ3) is 2.64. The molecule has 0 fully saturated rings. The SMILES string of the molecule is Cc1ccc(-c2nc3ccc4cc5ccccc5cc4c3c3c2COCC3)cc1. The van der Waals surface area contributed by atoms with Crippen LogP contribution < -0.4 is 0 Å². The van der Waals surface area contributed by atoms with Gasteiger partial charge in [0.05, 0.1) is 24.4 Å². The van der Waals surface area contributed by atoms with Crippen LogP contribution in [0.3, 0.4) is 0 Å². The van der Waals surface area contributed by atoms with Crippen LogP contribution >= 0.6 is 0 Å². The highest BCUT2D eigenvalue weighted by Gasteiger charge is 2.21. The molecule has 5 aromatic rings. The van der Waals surface area contributed by atoms with Gasteiger partial charge >= 0.3 is 0 Å². The Balaban J connectivity index is 1.72. The van der Waals surface area contributed by atoms with Crippen molar-refractivity contribution in [2.24, 2.45) is 0 Å². The van der Waals surface area contributed by atoms with Gasteiger partial charge in [0.2, 0.25) is 0 Å². The molecule has 0 radical (unpaired) electrons. The molecule has 0 saturated carbocycles. The zero-order valence-electron chi connectivity index (χ0n) is 16.4. The molecule has 0 spiro atoms. The minimum absolute atomic E-state index is 0.630. The lowest BCUT2D eigenvalue weighted by atomic mass is 9.90. The minimum Gasteiger partial charge on any atom is -0.376 e. The molecule has 0 amide bonds. The number of pyridine rings is 1. The Kier molecular flexibility index (Phi) is 3.68. The largest absolute Gasteiger partial charge is 0.376 e. The number of benzene rings is 4. The summed E-state index contributed by atoms with van der Waals surface area (Å²) in [4.78, 5) is 5.14. The highest BCUT2D eigenvalue weighted by molar-refractivity contribution is 6.13. The number of aromatic nitrogens is 1. The second-order valence-corrected chi connectivity index (χ2v) is 7.97. The second-order valence-electron chi connectivity index (χ2n) is 7.97. The standard InChI is InChI=1S/C27H21NO/c1-17-6-8-18(9-7-17)27-24-16-29-13-12-22(24)26-23-15-20-5-3-2-4-19(20)14-21(23)10-11-25(26)28-27/h2-11,14-15H,12-13,16H2,1H3. The van der Waals surface area contributed by atoms with Crippen LogP contribution in [0.15, 0.2) is 72.8 Å². The van der Waals surface area contributed by atoms with Gasteiger partial charge in [-0.25, -0.2) is 4.98 Å². The first-order valence-electron chi connectivity index (χ1n) is 10.2. The van der Waals surface area contributed by atoms with Crippen LogP contribution in [0.5, 0.6) is 0 Å². The topological polar surface area (TPSA) is 22.1 Å². The summed E-state index contributed by atoms with van der Waals surface area (Å²) < 4.78 is 5.87. The Morgan fingerprint density at radius 2 is 1.59 bits per heavy atom. The average Bonchev–Trinajstić information content (AvgIpc) is 2.77. The van der Waals surface area contributed by atoms with Crippen LogP contribution in [0, 0.1) is 6.92 Å². The maximum atomic E-state index is 5.87. The third-order valence-electron chi connectivity index (χ3n) is 6.12. The van der Waals surface area contributed by atoms with Gasteiger partial charge in [-0.1, -0.05) is 60.2 Å². The summed E-state index contributed by atoms with van der Waals surface area (Å²) in [5.74, 6) is 0. The van der Waals surface area contributed by atoms with Gasteiger partial charge in [-0.05, 0) is 58.7 Å². The molecule has 2 heteroatoms. The van der Waals surface area contributed by atoms with E-state index in [0.29, 0.717) is 6.61 Å². The van der Waals surface area contributed by atoms with Crippen molar-refractivity contribution in [1.29, 1.82) is 0 Å². The van der Waals surface area contributed by atoms with Crippen LogP contribution in [-0.2, 0) is 17.8 Å². The molecule has 1 aromatic heterocycles. The van der Waals surface area contributed by atoms with Crippen molar-refractivity contribution in [3.05, 3.63) is 89.5 Å². The van der Waals surface area contributed by atoms with E-state index in [9.17, 15) is 0 Å². The maximum Gasteiger partial charge on any atom is 0.0767 e. The number of fused-ring (bicyclic) bond motifs is 6. The van der Waals surface area contributed by atoms with Crippen molar-refractivity contribution < 1.29 is 4.74 Å². The molecule has 0 aliphatic carbocycles. The monoisotopic (exact) mass is 375 g/mol. The summed E-state index contributed by atoms with van der Waals surface area (Å²) in [5.41, 5.74) is 7.21. The van der Waals surface area contributed by atoms with Crippen LogP contribution in [0.1, 0.15) is 16.7 Å². The Hall–Kier alpha value is -3.23. The Bertz CT molecular complexity index is 1400. The molecule has 29 heavy (non-hydrogen) atoms. The maximum absolute atomic E-state index is 5.87. The van der Waals surface area contributed by atoms with Crippen LogP contribution in [0.2, 0.25) is 0 Å². The molecule has 0 unspecified atom stereocenters. The molecule has 1 aliphatic rings. The lowest BCUT2D eigenvalue weighted by Crippen LogP contribution is -2.13. The van der Waals surface area contributed by atoms with E-state index in [1.807, 2.05) is 0 Å². The molecule has 1 aliphatic heterocycles. The number of aryl methyl sites for hydroxylation is 1. The molecule has 4 aromatic carbocycles. The van der Waals surface area contributed by atoms with Crippen molar-refractivity contribution in [2.75, 3.05) is 6.61 Å². The highest BCUT2D eigenvalue weighted by atomic mass is 16.5. The van der Waals surface area contributed by atoms with E-state index in [1.165, 1.54) is 43.6 Å². The fourth-order valence-corrected chi connectivity index (χ4v) is 4.62. The van der Waals surface area contributed by atoms with E-state index in [1.54, 1.807) is 0 Å². The van der Waals surface area contributed by atoms with Gasteiger partial charge in [0.15, 0.2) is 0 Å². The summed E-state index contributed by atoms with van der Waals surface area (Å²) in [6.45, 7) is 3.52. The number of nitrogens with zero attached hydrogens (tertiary/aromatic N) is 1. The van der Waals surface area contributed by atoms with Crippen LogP contribution in [0.25, 0.3) is 43.7 Å². The smallest absolute Gasteiger partial charge is 0.0767 e. The molecule has 2 heterocycles. The van der Waals surface area contributed by atoms with Crippen LogP contribution in [-0.4, -0.2) is 11.6 Å². The number of ether oxygens (including phenoxy) is 1. The van der Waals surface area contributed by atoms with Gasteiger partial charge < -0.3 is 4.74 Å². The molecule has 0 N–H and O–H groups in total. The molecule has 0 bridgehead atoms. The van der Waals surface area contributed by atoms with Gasteiger partial charge in [-0.3, -0.25) is 0 Å². The fourth-order valence-electron chi connectivity index (χ4n) is 4.62. The summed E-state index contributed by atoms with van der Waals surface area (Å²) in [5, 5.41) is 6.41. The first-order chi connectivity index (χ1) is 14.3. The molecule has 6 rings (SSSR count). The van der Waals surface area contributed by atoms with Crippen molar-refractivity contribution in [3.63, 3.8) is 0 Å². The molecule has 140 valence electrons. The zero-order valence-corrected chi connectivity index (χ0v) is 16.4. The van der Waals surface area contributed by atoms with Crippen molar-refractivity contribution in [3.8, 4) is 11.3 Å². The summed E-state index contributed by atoms with van der Waals surface area (Å²) >= 11 is 0. The van der Waals surface area contributed by atoms with Crippen LogP contribution in [0.4, 0.5) is 0 Å². The van der Waals surface area contributed by atoms with E-state index in [-0.39, 0.29) is 0 Å². The summed E-state index contributed by atoms with van der Waals surface area (Å²) in [6.07, 6.45) is 0.930. The first kappa shape index (κ1) is 16.7. The minimum atomic E-state index is 0.630. The van der Waals surface area contributed by atoms with E-state index in [2.05, 4.69) is 79.7 Å². The predicted molar refractivity (Wildman–Crippen MR) is 120 cm³/mol. The van der Waals surface area contributed by atoms with Gasteiger partial charge in [0, 0.05) is 16.5 Å². The zero-order chi connectivity index (χ0) is 19.4. The normalized spacial score (nSPS) is 13.8. The van der Waals surface area contributed by atoms with Gasteiger partial charge in [-0.2, -0.15) is 0 Å². The molecular formula is C27H21NO. The number of rotatable bonds is 1. The van der Waals surface area contributed by atoms with E-state index < -0.39 is 0 Å². The Morgan fingerprint density at radius 3 is 2.41 bits per heavy atom. The second kappa shape index (κ2) is 6.40. The number of hydrogen-bond acceptors (Lipinski definition) is 2. The van der Waals surface area contributed by atoms with Gasteiger partial charge in [0.1, 0.15) is 0 Å². The Morgan fingerprint density at radius 1 is 0.793 bits per heavy atom. The molecule has 2 nitrogen and oxygen atoms in total. The first-order valence-corrected chi connectivity index (χ1v) is 10.2. The van der Waals surface area contributed by atoms with Crippen molar-refractivity contribution >= 4 is 32.4 Å². The lowest BCUT2D eigenvalue weighted by molar-refractivity contribution is 0.111. The lowest BCUT2D eigenvalue weighted by Gasteiger charge is -2.23.